The van der Waals surface area contributed by atoms with Crippen LogP contribution in [0.3, 0.4) is 0 Å². The Labute approximate surface area is 512 Å². The summed E-state index contributed by atoms with van der Waals surface area (Å²) in [6, 6.07) is 32.2. The third-order valence-electron chi connectivity index (χ3n) is 14.6. The number of unbranched alkanes of at least 4 members (excludes halogenated alkanes) is 2. The molecular weight excluding hydrogens is 1200 g/mol. The van der Waals surface area contributed by atoms with E-state index < -0.39 is 98.7 Å². The third kappa shape index (κ3) is 16.0. The molecule has 2 saturated heterocycles. The van der Waals surface area contributed by atoms with Gasteiger partial charge in [0.2, 0.25) is 12.5 Å². The predicted molar refractivity (Wildman–Crippen MR) is 316 cm³/mol. The minimum absolute atomic E-state index is 0.000494. The zero-order chi connectivity index (χ0) is 63.8. The van der Waals surface area contributed by atoms with Crippen LogP contribution in [0.25, 0.3) is 16.0 Å². The molecule has 29 heteroatoms. The van der Waals surface area contributed by atoms with Crippen molar-refractivity contribution >= 4 is 42.5 Å². The van der Waals surface area contributed by atoms with Crippen LogP contribution < -0.4 is 36.7 Å². The van der Waals surface area contributed by atoms with Crippen LogP contribution >= 0.6 is 7.82 Å². The van der Waals surface area contributed by atoms with Crippen molar-refractivity contribution in [1.29, 1.82) is 0 Å². The van der Waals surface area contributed by atoms with E-state index in [2.05, 4.69) is 47.3 Å². The van der Waals surface area contributed by atoms with Gasteiger partial charge in [-0.1, -0.05) is 91.1 Å². The molecule has 25 nitrogen and oxygen atoms in total. The highest BCUT2D eigenvalue weighted by molar-refractivity contribution is 7.48. The Balaban J connectivity index is 0.975. The number of halogens is 3. The average molecular weight is 1260 g/mol. The van der Waals surface area contributed by atoms with Gasteiger partial charge < -0.3 is 49.6 Å². The highest BCUT2D eigenvalue weighted by Gasteiger charge is 2.48. The molecule has 472 valence electrons. The summed E-state index contributed by atoms with van der Waals surface area (Å²) in [5.74, 6) is 3.66. The lowest BCUT2D eigenvalue weighted by Crippen LogP contribution is -2.38. The number of carbonyl (C=O) groups is 3. The van der Waals surface area contributed by atoms with E-state index >= 15 is 4.57 Å². The van der Waals surface area contributed by atoms with E-state index in [-0.39, 0.29) is 74.5 Å². The van der Waals surface area contributed by atoms with Crippen molar-refractivity contribution in [3.05, 3.63) is 188 Å². The number of aromatic amines is 1. The Morgan fingerprint density at radius 2 is 1.47 bits per heavy atom. The minimum Gasteiger partial charge on any atom is -0.497 e. The monoisotopic (exact) mass is 1260 g/mol. The maximum absolute atomic E-state index is 15.2. The summed E-state index contributed by atoms with van der Waals surface area (Å²) in [5.41, 5.74) is -0.660. The SMILES string of the molecule is [C-]#[N+]CCOP(=O)(OC[C@H]1O[C@@H](n2cnc3c(NC(=O)c4ccccc4)ncnc32)C[C@H]1O)O[C@@H]1C[C@H](n2cc(C#CCNC(=O)CCCCCNC(=O)C(F)(F)F)c(=O)[nH]c2=O)O[C@@H]1COC(c1ccccc1)(c1ccc(OC)cc1)c1ccc(OC)cc1. The van der Waals surface area contributed by atoms with Gasteiger partial charge in [-0.3, -0.25) is 46.9 Å². The number of amides is 3. The van der Waals surface area contributed by atoms with Crippen LogP contribution in [-0.4, -0.2) is 136 Å². The molecule has 2 aliphatic heterocycles. The Morgan fingerprint density at radius 1 is 0.811 bits per heavy atom. The van der Waals surface area contributed by atoms with Crippen molar-refractivity contribution in [2.75, 3.05) is 59.0 Å². The molecule has 0 radical (unpaired) electrons. The Hall–Kier alpha value is -9.09. The second kappa shape index (κ2) is 29.9. The first-order valence-corrected chi connectivity index (χ1v) is 29.8. The first-order chi connectivity index (χ1) is 43.4. The fourth-order valence-corrected chi connectivity index (χ4v) is 11.4. The second-order valence-electron chi connectivity index (χ2n) is 20.4. The van der Waals surface area contributed by atoms with Gasteiger partial charge in [-0.25, -0.2) is 30.9 Å². The molecule has 0 spiro atoms. The van der Waals surface area contributed by atoms with Crippen molar-refractivity contribution in [2.45, 2.75) is 87.2 Å². The Kier molecular flexibility index (Phi) is 21.7. The summed E-state index contributed by atoms with van der Waals surface area (Å²) in [5, 5.41) is 18.6. The van der Waals surface area contributed by atoms with Crippen LogP contribution in [0.1, 0.15) is 83.6 Å². The molecule has 5 heterocycles. The lowest BCUT2D eigenvalue weighted by atomic mass is 9.80. The molecule has 0 saturated carbocycles. The van der Waals surface area contributed by atoms with Crippen molar-refractivity contribution in [3.63, 3.8) is 0 Å². The molecule has 4 aromatic carbocycles. The predicted octanol–water partition coefficient (Wildman–Crippen LogP) is 6.74. The number of imidazole rings is 1. The number of aliphatic hydroxyl groups excluding tert-OH is 1. The second-order valence-corrected chi connectivity index (χ2v) is 22.1. The van der Waals surface area contributed by atoms with Gasteiger partial charge in [0.25, 0.3) is 11.5 Å². The molecule has 90 heavy (non-hydrogen) atoms. The summed E-state index contributed by atoms with van der Waals surface area (Å²) in [7, 11) is -1.79. The van der Waals surface area contributed by atoms with Crippen molar-refractivity contribution < 1.29 is 74.5 Å². The van der Waals surface area contributed by atoms with E-state index in [1.165, 1.54) is 31.4 Å². The number of H-pyrrole nitrogens is 1. The highest BCUT2D eigenvalue weighted by atomic mass is 31.2. The van der Waals surface area contributed by atoms with E-state index in [1.807, 2.05) is 54.6 Å². The molecule has 7 aromatic rings. The van der Waals surface area contributed by atoms with E-state index in [1.54, 1.807) is 59.9 Å². The summed E-state index contributed by atoms with van der Waals surface area (Å²) < 4.78 is 105. The number of phosphoric ester groups is 1. The normalized spacial score (nSPS) is 18.8. The molecule has 9 rings (SSSR count). The number of aliphatic hydroxyl groups is 1. The van der Waals surface area contributed by atoms with Gasteiger partial charge in [0, 0.05) is 37.6 Å². The molecule has 2 fully saturated rings. The molecule has 3 aromatic heterocycles. The van der Waals surface area contributed by atoms with Crippen LogP contribution in [0, 0.1) is 18.4 Å². The van der Waals surface area contributed by atoms with Crippen LogP contribution in [0.4, 0.5) is 19.0 Å². The molecule has 7 atom stereocenters. The Morgan fingerprint density at radius 3 is 2.13 bits per heavy atom. The van der Waals surface area contributed by atoms with Crippen LogP contribution in [0.2, 0.25) is 0 Å². The molecule has 0 bridgehead atoms. The number of nitrogens with one attached hydrogen (secondary N) is 4. The maximum Gasteiger partial charge on any atom is 0.475 e. The number of benzene rings is 4. The van der Waals surface area contributed by atoms with Gasteiger partial charge in [-0.2, -0.15) is 13.2 Å². The van der Waals surface area contributed by atoms with Crippen molar-refractivity contribution in [2.24, 2.45) is 0 Å². The van der Waals surface area contributed by atoms with Gasteiger partial charge in [-0.15, -0.1) is 0 Å². The third-order valence-corrected chi connectivity index (χ3v) is 16.1. The standard InChI is InChI=1S/C61H62F3N10O15P/c1-65-30-31-85-90(81,86-36-48-46(75)32-51(87-48)74-38-70-53-54(68-37-69-55(53)74)71-56(77)39-14-7-4-8-15-39)89-47-33-52(73-34-40(57(78)72-59(73)80)16-13-29-66-50(76)19-11-6-12-28-67-58(79)61(62,63)64)88-49(47)35-84-60(41-17-9-5-10-18-41,42-20-24-44(82-2)25-21-42)43-22-26-45(83-3)27-23-43/h4-5,7-10,14-15,17-18,20-27,34,37-38,46-49,51-52,75H,6,11-12,19,28-33,35-36H2,2-3H3,(H,66,76)(H,67,79)(H,72,78,80)(H,68,69,71,77)/t46-,47-,48-,49-,51-,52-,90?/m1/s1. The molecule has 3 amide bonds. The van der Waals surface area contributed by atoms with Crippen molar-refractivity contribution in [1.82, 2.24) is 39.7 Å². The van der Waals surface area contributed by atoms with Gasteiger partial charge in [-0.05, 0) is 65.9 Å². The molecule has 5 N–H and O–H groups in total. The molecule has 0 aliphatic carbocycles. The maximum atomic E-state index is 15.2. The van der Waals surface area contributed by atoms with Gasteiger partial charge in [0.05, 0.1) is 46.4 Å². The number of methoxy groups -OCH3 is 2. The van der Waals surface area contributed by atoms with Crippen LogP contribution in [0.5, 0.6) is 11.5 Å². The largest absolute Gasteiger partial charge is 0.497 e. The Bertz CT molecular complexity index is 3850. The van der Waals surface area contributed by atoms with Crippen LogP contribution in [-0.2, 0) is 47.5 Å². The number of alkyl halides is 3. The van der Waals surface area contributed by atoms with Gasteiger partial charge in [0.1, 0.15) is 66.4 Å². The van der Waals surface area contributed by atoms with Gasteiger partial charge >= 0.3 is 25.6 Å². The topological polar surface area (TPSA) is 301 Å². The summed E-state index contributed by atoms with van der Waals surface area (Å²) in [6.07, 6.45) is -7.86. The lowest BCUT2D eigenvalue weighted by molar-refractivity contribution is -0.173. The van der Waals surface area contributed by atoms with E-state index in [0.29, 0.717) is 46.6 Å². The zero-order valence-electron chi connectivity index (χ0n) is 48.5. The molecule has 2 aliphatic rings. The number of phosphoric acid groups is 1. The van der Waals surface area contributed by atoms with Crippen LogP contribution in [0.15, 0.2) is 138 Å². The minimum atomic E-state index is -5.00. The number of hydrogen-bond donors (Lipinski definition) is 5. The first kappa shape index (κ1) is 65.4. The number of ether oxygens (including phenoxy) is 5. The number of fused-ring (bicyclic) bond motifs is 1. The number of nitrogens with zero attached hydrogens (tertiary/aromatic N) is 6. The summed E-state index contributed by atoms with van der Waals surface area (Å²) in [6.45, 7) is 5.33. The number of rotatable bonds is 27. The lowest BCUT2D eigenvalue weighted by Gasteiger charge is -2.37. The highest BCUT2D eigenvalue weighted by Crippen LogP contribution is 2.54. The average Bonchev–Trinajstić information content (AvgIpc) is 0.949. The molecule has 1 unspecified atom stereocenters. The van der Waals surface area contributed by atoms with E-state index in [4.69, 9.17) is 43.8 Å². The van der Waals surface area contributed by atoms with E-state index in [0.717, 1.165) is 10.8 Å². The van der Waals surface area contributed by atoms with Gasteiger partial charge in [0.15, 0.2) is 17.0 Å². The summed E-state index contributed by atoms with van der Waals surface area (Å²) >= 11 is 0. The zero-order valence-corrected chi connectivity index (χ0v) is 49.4. The number of anilines is 1. The number of hydrogen-bond acceptors (Lipinski definition) is 18. The number of aromatic nitrogens is 6. The molecular formula is C61H62F3N10O15P. The first-order valence-electron chi connectivity index (χ1n) is 28.3. The quantitative estimate of drug-likeness (QED) is 0.0117. The summed E-state index contributed by atoms with van der Waals surface area (Å²) in [4.78, 5) is 82.3. The van der Waals surface area contributed by atoms with Crippen molar-refractivity contribution in [3.8, 4) is 23.3 Å². The fraction of sp³-hybridized carbons (Fsp3) is 0.361. The number of carbonyl (C=O) groups excluding carboxylic acids is 3. The fourth-order valence-electron chi connectivity index (χ4n) is 10.0. The van der Waals surface area contributed by atoms with E-state index in [9.17, 15) is 42.3 Å². The smallest absolute Gasteiger partial charge is 0.475 e.